The Balaban J connectivity index is 4.30. The fraction of sp³-hybridized carbons (Fsp3) is 0.805. The summed E-state index contributed by atoms with van der Waals surface area (Å²) in [6.45, 7) is 3.59. The van der Waals surface area contributed by atoms with Crippen LogP contribution in [-0.2, 0) is 32.7 Å². The van der Waals surface area contributed by atoms with Crippen molar-refractivity contribution in [2.75, 3.05) is 26.4 Å². The minimum Gasteiger partial charge on any atom is -0.462 e. The number of hydrogen-bond acceptors (Lipinski definition) is 8. The van der Waals surface area contributed by atoms with Crippen LogP contribution in [0.15, 0.2) is 36.5 Å². The van der Waals surface area contributed by atoms with E-state index in [0.29, 0.717) is 6.42 Å². The molecule has 0 fully saturated rings. The molecule has 298 valence electrons. The SMILES string of the molecule is CCCCCCCC/C=C/CCCCCCCC(=O)OC[C@H](COP(=O)(O)OCCN)OC(=O)/C=C/C=C/CCCCCCCCCCCCC. The topological polar surface area (TPSA) is 134 Å². The van der Waals surface area contributed by atoms with Gasteiger partial charge in [-0.15, -0.1) is 0 Å². The number of hydrogen-bond donors (Lipinski definition) is 2. The van der Waals surface area contributed by atoms with Gasteiger partial charge in [0.2, 0.25) is 0 Å². The molecule has 0 rings (SSSR count). The lowest BCUT2D eigenvalue weighted by molar-refractivity contribution is -0.157. The normalized spacial score (nSPS) is 13.7. The molecule has 0 heterocycles. The molecule has 0 saturated heterocycles. The van der Waals surface area contributed by atoms with Crippen molar-refractivity contribution in [1.29, 1.82) is 0 Å². The van der Waals surface area contributed by atoms with Gasteiger partial charge in [-0.25, -0.2) is 9.36 Å². The second kappa shape index (κ2) is 38.0. The Morgan fingerprint density at radius 2 is 1.10 bits per heavy atom. The first-order chi connectivity index (χ1) is 24.8. The molecule has 0 bridgehead atoms. The van der Waals surface area contributed by atoms with E-state index in [2.05, 4.69) is 26.0 Å². The zero-order chi connectivity index (χ0) is 37.5. The van der Waals surface area contributed by atoms with Crippen molar-refractivity contribution in [2.45, 2.75) is 187 Å². The molecule has 0 aromatic rings. The Hall–Kier alpha value is -1.77. The van der Waals surface area contributed by atoms with Gasteiger partial charge in [0, 0.05) is 19.0 Å². The maximum absolute atomic E-state index is 12.4. The molecule has 0 aromatic heterocycles. The number of nitrogens with two attached hydrogens (primary N) is 1. The molecule has 2 atom stereocenters. The largest absolute Gasteiger partial charge is 0.472 e. The third-order valence-electron chi connectivity index (χ3n) is 8.61. The molecule has 3 N–H and O–H groups in total. The van der Waals surface area contributed by atoms with Crippen molar-refractivity contribution in [2.24, 2.45) is 5.73 Å². The Morgan fingerprint density at radius 3 is 1.61 bits per heavy atom. The predicted octanol–water partition coefficient (Wildman–Crippen LogP) is 11.4. The number of phosphoric acid groups is 1. The number of carbonyl (C=O) groups is 2. The number of esters is 2. The van der Waals surface area contributed by atoms with E-state index in [1.807, 2.05) is 6.08 Å². The molecule has 0 aliphatic carbocycles. The molecule has 0 aliphatic rings. The number of rotatable bonds is 38. The third-order valence-corrected chi connectivity index (χ3v) is 9.59. The Bertz CT molecular complexity index is 939. The minimum absolute atomic E-state index is 0.0395. The van der Waals surface area contributed by atoms with E-state index in [0.717, 1.165) is 44.9 Å². The van der Waals surface area contributed by atoms with Crippen molar-refractivity contribution in [3.63, 3.8) is 0 Å². The zero-order valence-corrected chi connectivity index (χ0v) is 33.5. The highest BCUT2D eigenvalue weighted by atomic mass is 31.2. The zero-order valence-electron chi connectivity index (χ0n) is 32.6. The molecule has 0 radical (unpaired) electrons. The van der Waals surface area contributed by atoms with Gasteiger partial charge in [0.15, 0.2) is 6.10 Å². The molecule has 0 spiro atoms. The summed E-state index contributed by atoms with van der Waals surface area (Å²) in [6.07, 6.45) is 40.9. The van der Waals surface area contributed by atoms with E-state index in [-0.39, 0.29) is 26.2 Å². The maximum atomic E-state index is 12.4. The quantitative estimate of drug-likeness (QED) is 0.0158. The van der Waals surface area contributed by atoms with Gasteiger partial charge in [0.1, 0.15) is 6.61 Å². The van der Waals surface area contributed by atoms with E-state index in [1.165, 1.54) is 115 Å². The van der Waals surface area contributed by atoms with E-state index >= 15 is 0 Å². The molecule has 0 amide bonds. The van der Waals surface area contributed by atoms with E-state index < -0.39 is 32.5 Å². The number of allylic oxidation sites excluding steroid dienone is 5. The predicted molar refractivity (Wildman–Crippen MR) is 210 cm³/mol. The van der Waals surface area contributed by atoms with Gasteiger partial charge in [-0.05, 0) is 44.9 Å². The van der Waals surface area contributed by atoms with Gasteiger partial charge >= 0.3 is 19.8 Å². The lowest BCUT2D eigenvalue weighted by Crippen LogP contribution is -2.29. The highest BCUT2D eigenvalue weighted by Gasteiger charge is 2.25. The van der Waals surface area contributed by atoms with Crippen LogP contribution in [0.25, 0.3) is 0 Å². The summed E-state index contributed by atoms with van der Waals surface area (Å²) < 4.78 is 32.5. The standard InChI is InChI=1S/C41H76NO8P/c1-3-5-7-9-11-13-15-17-19-21-23-25-27-29-31-33-40(43)47-37-39(38-49-51(45,46)48-36-35-42)50-41(44)34-32-30-28-26-24-22-20-18-16-14-12-10-8-6-4-2/h17,19,28,30,32,34,39H,3-16,18,20-27,29,31,33,35-38,42H2,1-2H3,(H,45,46)/b19-17+,30-28+,34-32+/t39-/m1/s1. The number of carbonyl (C=O) groups excluding carboxylic acids is 2. The number of unbranched alkanes of at least 4 members (excludes halogenated alkanes) is 22. The molecule has 1 unspecified atom stereocenters. The molecule has 0 aliphatic heterocycles. The average molecular weight is 742 g/mol. The first kappa shape index (κ1) is 49.2. The van der Waals surface area contributed by atoms with E-state index in [9.17, 15) is 19.0 Å². The average Bonchev–Trinajstić information content (AvgIpc) is 3.11. The Kier molecular flexibility index (Phi) is 36.7. The van der Waals surface area contributed by atoms with Crippen molar-refractivity contribution in [3.8, 4) is 0 Å². The second-order valence-electron chi connectivity index (χ2n) is 13.6. The summed E-state index contributed by atoms with van der Waals surface area (Å²) in [6, 6.07) is 0. The summed E-state index contributed by atoms with van der Waals surface area (Å²) in [5.74, 6) is -1.09. The molecule has 0 aromatic carbocycles. The summed E-state index contributed by atoms with van der Waals surface area (Å²) in [5.41, 5.74) is 5.33. The van der Waals surface area contributed by atoms with Gasteiger partial charge in [0.25, 0.3) is 0 Å². The van der Waals surface area contributed by atoms with Crippen molar-refractivity contribution >= 4 is 19.8 Å². The van der Waals surface area contributed by atoms with Gasteiger partial charge in [-0.3, -0.25) is 13.8 Å². The Morgan fingerprint density at radius 1 is 0.627 bits per heavy atom. The van der Waals surface area contributed by atoms with Crippen LogP contribution in [0.2, 0.25) is 0 Å². The second-order valence-corrected chi connectivity index (χ2v) is 15.0. The maximum Gasteiger partial charge on any atom is 0.472 e. The van der Waals surface area contributed by atoms with Gasteiger partial charge in [0.05, 0.1) is 13.2 Å². The lowest BCUT2D eigenvalue weighted by atomic mass is 10.1. The van der Waals surface area contributed by atoms with E-state index in [4.69, 9.17) is 24.3 Å². The Labute approximate surface area is 312 Å². The highest BCUT2D eigenvalue weighted by Crippen LogP contribution is 2.43. The molecule has 10 heteroatoms. The molecule has 0 saturated carbocycles. The van der Waals surface area contributed by atoms with Crippen LogP contribution in [0.1, 0.15) is 181 Å². The molecular weight excluding hydrogens is 665 g/mol. The molecule has 51 heavy (non-hydrogen) atoms. The van der Waals surface area contributed by atoms with Crippen LogP contribution in [0.4, 0.5) is 0 Å². The van der Waals surface area contributed by atoms with Crippen molar-refractivity contribution in [3.05, 3.63) is 36.5 Å². The number of phosphoric ester groups is 1. The summed E-state index contributed by atoms with van der Waals surface area (Å²) in [5, 5.41) is 0. The van der Waals surface area contributed by atoms with Gasteiger partial charge < -0.3 is 20.1 Å². The van der Waals surface area contributed by atoms with Gasteiger partial charge in [-0.2, -0.15) is 0 Å². The highest BCUT2D eigenvalue weighted by molar-refractivity contribution is 7.47. The van der Waals surface area contributed by atoms with Crippen LogP contribution >= 0.6 is 7.82 Å². The van der Waals surface area contributed by atoms with E-state index in [1.54, 1.807) is 12.2 Å². The first-order valence-electron chi connectivity index (χ1n) is 20.5. The minimum atomic E-state index is -4.40. The fourth-order valence-corrected chi connectivity index (χ4v) is 6.30. The van der Waals surface area contributed by atoms with Crippen LogP contribution in [0.5, 0.6) is 0 Å². The van der Waals surface area contributed by atoms with Crippen LogP contribution in [0.3, 0.4) is 0 Å². The third kappa shape index (κ3) is 37.8. The first-order valence-corrected chi connectivity index (χ1v) is 22.0. The summed E-state index contributed by atoms with van der Waals surface area (Å²) in [7, 11) is -4.40. The number of ether oxygens (including phenoxy) is 2. The lowest BCUT2D eigenvalue weighted by Gasteiger charge is -2.19. The fourth-order valence-electron chi connectivity index (χ4n) is 5.54. The molecular formula is C41H76NO8P. The van der Waals surface area contributed by atoms with Crippen LogP contribution < -0.4 is 5.73 Å². The smallest absolute Gasteiger partial charge is 0.462 e. The van der Waals surface area contributed by atoms with Crippen LogP contribution in [-0.4, -0.2) is 49.3 Å². The van der Waals surface area contributed by atoms with Crippen molar-refractivity contribution < 1.29 is 37.6 Å². The van der Waals surface area contributed by atoms with Gasteiger partial charge in [-0.1, -0.05) is 160 Å². The van der Waals surface area contributed by atoms with Crippen LogP contribution in [0, 0.1) is 0 Å². The summed E-state index contributed by atoms with van der Waals surface area (Å²) in [4.78, 5) is 34.6. The van der Waals surface area contributed by atoms with Crippen molar-refractivity contribution in [1.82, 2.24) is 0 Å². The monoisotopic (exact) mass is 742 g/mol. The summed E-state index contributed by atoms with van der Waals surface area (Å²) >= 11 is 0. The molecule has 9 nitrogen and oxygen atoms in total.